The van der Waals surface area contributed by atoms with Crippen molar-refractivity contribution in [3.63, 3.8) is 0 Å². The van der Waals surface area contributed by atoms with Crippen LogP contribution in [0.3, 0.4) is 0 Å². The molecule has 7 heteroatoms. The third-order valence-corrected chi connectivity index (χ3v) is 3.46. The number of nitrogens with one attached hydrogen (secondary N) is 2. The first-order chi connectivity index (χ1) is 9.47. The predicted octanol–water partition coefficient (Wildman–Crippen LogP) is 3.08. The van der Waals surface area contributed by atoms with Gasteiger partial charge in [0.25, 0.3) is 12.1 Å². The van der Waals surface area contributed by atoms with Crippen LogP contribution in [-0.2, 0) is 0 Å². The Kier molecular flexibility index (Phi) is 4.49. The Bertz CT molecular complexity index is 497. The van der Waals surface area contributed by atoms with Gasteiger partial charge in [0.2, 0.25) is 0 Å². The highest BCUT2D eigenvalue weighted by atomic mass is 19.3. The fourth-order valence-electron chi connectivity index (χ4n) is 2.46. The van der Waals surface area contributed by atoms with Crippen LogP contribution in [0.1, 0.15) is 31.8 Å². The van der Waals surface area contributed by atoms with Gasteiger partial charge in [-0.3, -0.25) is 10.1 Å². The van der Waals surface area contributed by atoms with Crippen LogP contribution >= 0.6 is 0 Å². The molecule has 2 unspecified atom stereocenters. The molecule has 2 N–H and O–H groups in total. The van der Waals surface area contributed by atoms with Crippen molar-refractivity contribution in [3.05, 3.63) is 33.9 Å². The van der Waals surface area contributed by atoms with E-state index in [2.05, 4.69) is 10.6 Å². The number of benzene rings is 1. The Hall–Kier alpha value is -1.76. The number of rotatable bonds is 4. The molecule has 0 radical (unpaired) electrons. The summed E-state index contributed by atoms with van der Waals surface area (Å²) in [6.07, 6.45) is -1.07. The quantitative estimate of drug-likeness (QED) is 0.659. The van der Waals surface area contributed by atoms with Gasteiger partial charge in [0.1, 0.15) is 0 Å². The fraction of sp³-hybridized carbons (Fsp3) is 0.538. The van der Waals surface area contributed by atoms with E-state index >= 15 is 0 Å². The van der Waals surface area contributed by atoms with Gasteiger partial charge >= 0.3 is 0 Å². The average Bonchev–Trinajstić information content (AvgIpc) is 2.38. The highest BCUT2D eigenvalue weighted by Gasteiger charge is 2.22. The second-order valence-corrected chi connectivity index (χ2v) is 5.05. The second-order valence-electron chi connectivity index (χ2n) is 5.05. The SMILES string of the molecule is CC1CC(Nc2ccc([N+](=O)[O-])cc2C(F)F)CCN1. The number of anilines is 1. The van der Waals surface area contributed by atoms with E-state index in [1.807, 2.05) is 6.92 Å². The number of non-ortho nitro benzene ring substituents is 1. The molecule has 1 aliphatic heterocycles. The number of nitro benzene ring substituents is 1. The zero-order valence-electron chi connectivity index (χ0n) is 11.1. The van der Waals surface area contributed by atoms with Crippen LogP contribution in [-0.4, -0.2) is 23.6 Å². The fourth-order valence-corrected chi connectivity index (χ4v) is 2.46. The maximum Gasteiger partial charge on any atom is 0.270 e. The standard InChI is InChI=1S/C13H17F2N3O2/c1-8-6-9(4-5-16-8)17-12-3-2-10(18(19)20)7-11(12)13(14)15/h2-3,7-9,13,16-17H,4-6H2,1H3. The Labute approximate surface area is 115 Å². The third kappa shape index (κ3) is 3.41. The molecule has 0 aromatic heterocycles. The van der Waals surface area contributed by atoms with Crippen LogP contribution in [0.15, 0.2) is 18.2 Å². The molecule has 1 aromatic rings. The average molecular weight is 285 g/mol. The minimum absolute atomic E-state index is 0.102. The van der Waals surface area contributed by atoms with Crippen molar-refractivity contribution >= 4 is 11.4 Å². The van der Waals surface area contributed by atoms with Crippen LogP contribution in [0, 0.1) is 10.1 Å². The molecular weight excluding hydrogens is 268 g/mol. The van der Waals surface area contributed by atoms with E-state index in [-0.39, 0.29) is 23.0 Å². The zero-order valence-corrected chi connectivity index (χ0v) is 11.1. The van der Waals surface area contributed by atoms with Crippen molar-refractivity contribution in [2.75, 3.05) is 11.9 Å². The number of alkyl halides is 2. The summed E-state index contributed by atoms with van der Waals surface area (Å²) in [6, 6.07) is 3.99. The Morgan fingerprint density at radius 1 is 1.50 bits per heavy atom. The summed E-state index contributed by atoms with van der Waals surface area (Å²) in [5.41, 5.74) is -0.348. The second kappa shape index (κ2) is 6.13. The van der Waals surface area contributed by atoms with Crippen LogP contribution < -0.4 is 10.6 Å². The van der Waals surface area contributed by atoms with Crippen molar-refractivity contribution < 1.29 is 13.7 Å². The lowest BCUT2D eigenvalue weighted by atomic mass is 9.99. The number of nitrogens with zero attached hydrogens (tertiary/aromatic N) is 1. The van der Waals surface area contributed by atoms with Crippen LogP contribution in [0.4, 0.5) is 20.2 Å². The molecule has 0 bridgehead atoms. The van der Waals surface area contributed by atoms with Gasteiger partial charge in [0.05, 0.1) is 4.92 Å². The zero-order chi connectivity index (χ0) is 14.7. The minimum Gasteiger partial charge on any atom is -0.382 e. The van der Waals surface area contributed by atoms with E-state index in [1.54, 1.807) is 0 Å². The first kappa shape index (κ1) is 14.6. The van der Waals surface area contributed by atoms with Gasteiger partial charge in [-0.25, -0.2) is 8.78 Å². The highest BCUT2D eigenvalue weighted by molar-refractivity contribution is 5.57. The lowest BCUT2D eigenvalue weighted by Crippen LogP contribution is -2.41. The monoisotopic (exact) mass is 285 g/mol. The number of hydrogen-bond acceptors (Lipinski definition) is 4. The van der Waals surface area contributed by atoms with Gasteiger partial charge in [-0.1, -0.05) is 0 Å². The molecule has 2 atom stereocenters. The van der Waals surface area contributed by atoms with Crippen LogP contribution in [0.5, 0.6) is 0 Å². The first-order valence-electron chi connectivity index (χ1n) is 6.53. The maximum absolute atomic E-state index is 13.0. The summed E-state index contributed by atoms with van der Waals surface area (Å²) in [5, 5.41) is 17.0. The molecule has 110 valence electrons. The number of piperidine rings is 1. The van der Waals surface area contributed by atoms with Crippen molar-refractivity contribution in [1.29, 1.82) is 0 Å². The molecule has 0 aliphatic carbocycles. The molecule has 1 saturated heterocycles. The summed E-state index contributed by atoms with van der Waals surface area (Å²) in [6.45, 7) is 2.87. The summed E-state index contributed by atoms with van der Waals surface area (Å²) in [4.78, 5) is 9.99. The van der Waals surface area contributed by atoms with Gasteiger partial charge in [0, 0.05) is 35.5 Å². The largest absolute Gasteiger partial charge is 0.382 e. The lowest BCUT2D eigenvalue weighted by molar-refractivity contribution is -0.385. The highest BCUT2D eigenvalue weighted by Crippen LogP contribution is 2.31. The van der Waals surface area contributed by atoms with Gasteiger partial charge in [-0.05, 0) is 32.4 Å². The number of nitro groups is 1. The van der Waals surface area contributed by atoms with Gasteiger partial charge in [-0.2, -0.15) is 0 Å². The summed E-state index contributed by atoms with van der Waals surface area (Å²) in [5.74, 6) is 0. The van der Waals surface area contributed by atoms with E-state index in [9.17, 15) is 18.9 Å². The smallest absolute Gasteiger partial charge is 0.270 e. The molecule has 2 rings (SSSR count). The molecule has 1 aromatic carbocycles. The van der Waals surface area contributed by atoms with E-state index in [4.69, 9.17) is 0 Å². The van der Waals surface area contributed by atoms with Crippen molar-refractivity contribution in [1.82, 2.24) is 5.32 Å². The van der Waals surface area contributed by atoms with Gasteiger partial charge in [-0.15, -0.1) is 0 Å². The molecule has 1 fully saturated rings. The van der Waals surface area contributed by atoms with E-state index in [0.29, 0.717) is 6.04 Å². The van der Waals surface area contributed by atoms with E-state index in [0.717, 1.165) is 25.5 Å². The molecule has 5 nitrogen and oxygen atoms in total. The van der Waals surface area contributed by atoms with Crippen molar-refractivity contribution in [3.8, 4) is 0 Å². The molecule has 20 heavy (non-hydrogen) atoms. The predicted molar refractivity (Wildman–Crippen MR) is 72.2 cm³/mol. The van der Waals surface area contributed by atoms with Crippen molar-refractivity contribution in [2.45, 2.75) is 38.3 Å². The summed E-state index contributed by atoms with van der Waals surface area (Å²) < 4.78 is 26.1. The molecule has 0 amide bonds. The normalized spacial score (nSPS) is 22.8. The van der Waals surface area contributed by atoms with Gasteiger partial charge in [0.15, 0.2) is 0 Å². The van der Waals surface area contributed by atoms with Crippen LogP contribution in [0.2, 0.25) is 0 Å². The molecular formula is C13H17F2N3O2. The van der Waals surface area contributed by atoms with Gasteiger partial charge < -0.3 is 10.6 Å². The Balaban J connectivity index is 2.20. The minimum atomic E-state index is -2.74. The molecule has 0 spiro atoms. The van der Waals surface area contributed by atoms with Crippen LogP contribution in [0.25, 0.3) is 0 Å². The third-order valence-electron chi connectivity index (χ3n) is 3.46. The number of halogens is 2. The molecule has 1 aliphatic rings. The maximum atomic E-state index is 13.0. The number of hydrogen-bond donors (Lipinski definition) is 2. The Morgan fingerprint density at radius 2 is 2.25 bits per heavy atom. The Morgan fingerprint density at radius 3 is 2.85 bits per heavy atom. The van der Waals surface area contributed by atoms with E-state index < -0.39 is 11.3 Å². The first-order valence-corrected chi connectivity index (χ1v) is 6.53. The van der Waals surface area contributed by atoms with Crippen molar-refractivity contribution in [2.24, 2.45) is 0 Å². The molecule has 1 heterocycles. The summed E-state index contributed by atoms with van der Waals surface area (Å²) in [7, 11) is 0. The lowest BCUT2D eigenvalue weighted by Gasteiger charge is -2.30. The summed E-state index contributed by atoms with van der Waals surface area (Å²) >= 11 is 0. The molecule has 0 saturated carbocycles. The topological polar surface area (TPSA) is 67.2 Å². The van der Waals surface area contributed by atoms with E-state index in [1.165, 1.54) is 12.1 Å².